The number of aromatic nitrogens is 3. The van der Waals surface area contributed by atoms with Crippen molar-refractivity contribution >= 4 is 7.25 Å². The van der Waals surface area contributed by atoms with Crippen molar-refractivity contribution in [2.75, 3.05) is 0 Å². The largest absolute Gasteiger partial charge is 0.673 e. The fourth-order valence-corrected chi connectivity index (χ4v) is 1.92. The molecular weight excluding hydrogens is 325 g/mol. The zero-order valence-corrected chi connectivity index (χ0v) is 12.2. The molecule has 0 saturated heterocycles. The second kappa shape index (κ2) is 7.54. The van der Waals surface area contributed by atoms with E-state index in [2.05, 4.69) is 15.2 Å². The van der Waals surface area contributed by atoms with Crippen LogP contribution >= 0.6 is 0 Å². The van der Waals surface area contributed by atoms with Crippen molar-refractivity contribution in [3.63, 3.8) is 0 Å². The molecule has 2 heterocycles. The Labute approximate surface area is 134 Å². The lowest BCUT2D eigenvalue weighted by Crippen LogP contribution is -2.16. The van der Waals surface area contributed by atoms with E-state index in [-0.39, 0.29) is 5.56 Å². The van der Waals surface area contributed by atoms with Gasteiger partial charge in [-0.1, -0.05) is 30.3 Å². The molecule has 4 nitrogen and oxygen atoms in total. The van der Waals surface area contributed by atoms with E-state index < -0.39 is 7.25 Å². The van der Waals surface area contributed by atoms with Crippen LogP contribution in [0, 0.1) is 0 Å². The van der Waals surface area contributed by atoms with Crippen molar-refractivity contribution in [3.8, 4) is 22.5 Å². The molecule has 0 atom stereocenters. The maximum Gasteiger partial charge on any atom is 0.673 e. The van der Waals surface area contributed by atoms with E-state index in [1.54, 1.807) is 12.3 Å². The zero-order valence-electron chi connectivity index (χ0n) is 12.2. The molecule has 2 aromatic heterocycles. The number of H-pyrrole nitrogens is 2. The van der Waals surface area contributed by atoms with Crippen molar-refractivity contribution < 1.29 is 22.2 Å². The average Bonchev–Trinajstić information content (AvgIpc) is 2.55. The summed E-state index contributed by atoms with van der Waals surface area (Å²) in [5.41, 5.74) is 2.85. The van der Waals surface area contributed by atoms with Crippen molar-refractivity contribution in [2.24, 2.45) is 0 Å². The Kier molecular flexibility index (Phi) is 5.46. The lowest BCUT2D eigenvalue weighted by Gasteiger charge is -2.01. The minimum atomic E-state index is -6.00. The summed E-state index contributed by atoms with van der Waals surface area (Å²) in [7, 11) is -6.00. The summed E-state index contributed by atoms with van der Waals surface area (Å²) in [5.74, 6) is 0. The van der Waals surface area contributed by atoms with Crippen LogP contribution in [0.5, 0.6) is 0 Å². The van der Waals surface area contributed by atoms with Gasteiger partial charge in [-0.3, -0.25) is 4.79 Å². The van der Waals surface area contributed by atoms with Crippen molar-refractivity contribution in [1.82, 2.24) is 10.2 Å². The van der Waals surface area contributed by atoms with E-state index in [1.165, 1.54) is 0 Å². The van der Waals surface area contributed by atoms with Gasteiger partial charge in [-0.05, 0) is 12.1 Å². The van der Waals surface area contributed by atoms with Crippen LogP contribution < -0.4 is 10.5 Å². The summed E-state index contributed by atoms with van der Waals surface area (Å²) in [6.07, 6.45) is 1.79. The van der Waals surface area contributed by atoms with Crippen molar-refractivity contribution in [1.29, 1.82) is 0 Å². The number of pyridine rings is 1. The topological polar surface area (TPSA) is 59.9 Å². The number of nitrogens with one attached hydrogen (secondary N) is 2. The number of hydrogen-bond donors (Lipinski definition) is 1. The van der Waals surface area contributed by atoms with E-state index in [0.29, 0.717) is 5.56 Å². The highest BCUT2D eigenvalue weighted by Crippen LogP contribution is 2.18. The van der Waals surface area contributed by atoms with Gasteiger partial charge in [0.2, 0.25) is 5.69 Å². The molecule has 24 heavy (non-hydrogen) atoms. The molecule has 0 amide bonds. The van der Waals surface area contributed by atoms with Crippen LogP contribution in [0.1, 0.15) is 0 Å². The Hall–Kier alpha value is -2.97. The number of hydrogen-bond acceptors (Lipinski definition) is 2. The van der Waals surface area contributed by atoms with Crippen molar-refractivity contribution in [2.45, 2.75) is 0 Å². The number of benzene rings is 1. The molecule has 0 saturated carbocycles. The maximum absolute atomic E-state index is 11.9. The first-order valence-corrected chi connectivity index (χ1v) is 6.84. The molecule has 0 aliphatic carbocycles. The Morgan fingerprint density at radius 2 is 1.58 bits per heavy atom. The second-order valence-electron chi connectivity index (χ2n) is 4.63. The van der Waals surface area contributed by atoms with Gasteiger partial charge in [0.15, 0.2) is 6.20 Å². The van der Waals surface area contributed by atoms with Gasteiger partial charge < -0.3 is 17.3 Å². The minimum absolute atomic E-state index is 0.206. The number of nitrogens with zero attached hydrogens (tertiary/aromatic N) is 1. The Morgan fingerprint density at radius 3 is 2.17 bits per heavy atom. The highest BCUT2D eigenvalue weighted by molar-refractivity contribution is 6.50. The molecule has 0 fully saturated rings. The summed E-state index contributed by atoms with van der Waals surface area (Å²) in [4.78, 5) is 14.9. The summed E-state index contributed by atoms with van der Waals surface area (Å²) in [6, 6.07) is 17.1. The van der Waals surface area contributed by atoms with Crippen LogP contribution in [0.3, 0.4) is 0 Å². The molecule has 0 spiro atoms. The molecule has 9 heteroatoms. The Balaban J connectivity index is 0.000000368. The summed E-state index contributed by atoms with van der Waals surface area (Å²) in [6.45, 7) is 0. The second-order valence-corrected chi connectivity index (χ2v) is 4.63. The normalized spacial score (nSPS) is 10.7. The zero-order chi connectivity index (χ0) is 17.6. The third kappa shape index (κ3) is 5.34. The fourth-order valence-electron chi connectivity index (χ4n) is 1.92. The monoisotopic (exact) mass is 337 g/mol. The first kappa shape index (κ1) is 17.4. The molecule has 0 aliphatic rings. The summed E-state index contributed by atoms with van der Waals surface area (Å²) < 4.78 is 39.0. The van der Waals surface area contributed by atoms with Crippen LogP contribution in [0.25, 0.3) is 22.5 Å². The molecule has 0 bridgehead atoms. The van der Waals surface area contributed by atoms with Gasteiger partial charge in [-0.2, -0.15) is 5.10 Å². The molecule has 124 valence electrons. The lowest BCUT2D eigenvalue weighted by molar-refractivity contribution is -0.364. The highest BCUT2D eigenvalue weighted by atomic mass is 19.5. The fraction of sp³-hybridized carbons (Fsp3) is 0. The quantitative estimate of drug-likeness (QED) is 0.577. The third-order valence-electron chi connectivity index (χ3n) is 2.87. The van der Waals surface area contributed by atoms with Crippen LogP contribution in [-0.4, -0.2) is 17.5 Å². The first-order chi connectivity index (χ1) is 11.3. The van der Waals surface area contributed by atoms with Crippen LogP contribution in [0.4, 0.5) is 17.3 Å². The molecule has 0 aliphatic heterocycles. The van der Waals surface area contributed by atoms with E-state index in [1.807, 2.05) is 48.5 Å². The van der Waals surface area contributed by atoms with Crippen LogP contribution in [0.15, 0.2) is 65.6 Å². The standard InChI is InChI=1S/C15H11N3O.BF4/c19-15-12(13-8-4-5-9-16-13)10-14(17-18-15)11-6-2-1-3-7-11;2-1(3,4)5/h1-10H,(H,18,19);/q;-1/p+1. The van der Waals surface area contributed by atoms with Gasteiger partial charge in [-0.15, -0.1) is 0 Å². The number of halogens is 4. The number of aromatic amines is 2. The predicted octanol–water partition coefficient (Wildman–Crippen LogP) is 3.22. The van der Waals surface area contributed by atoms with Gasteiger partial charge >= 0.3 is 7.25 Å². The van der Waals surface area contributed by atoms with Gasteiger partial charge in [0.25, 0.3) is 5.56 Å². The van der Waals surface area contributed by atoms with Crippen molar-refractivity contribution in [3.05, 3.63) is 71.1 Å². The van der Waals surface area contributed by atoms with Gasteiger partial charge in [0, 0.05) is 17.7 Å². The maximum atomic E-state index is 11.9. The Morgan fingerprint density at radius 1 is 0.958 bits per heavy atom. The van der Waals surface area contributed by atoms with E-state index in [9.17, 15) is 22.1 Å². The van der Waals surface area contributed by atoms with Gasteiger partial charge in [-0.25, -0.2) is 10.1 Å². The van der Waals surface area contributed by atoms with Crippen LogP contribution in [0.2, 0.25) is 0 Å². The van der Waals surface area contributed by atoms with Crippen LogP contribution in [-0.2, 0) is 0 Å². The molecule has 2 N–H and O–H groups in total. The third-order valence-corrected chi connectivity index (χ3v) is 2.87. The molecule has 0 radical (unpaired) electrons. The minimum Gasteiger partial charge on any atom is -0.418 e. The van der Waals surface area contributed by atoms with Gasteiger partial charge in [0.1, 0.15) is 5.56 Å². The summed E-state index contributed by atoms with van der Waals surface area (Å²) in [5, 5.41) is 6.62. The highest BCUT2D eigenvalue weighted by Gasteiger charge is 2.20. The Bertz CT molecular complexity index is 833. The molecular formula is C15H12BF4N3O. The smallest absolute Gasteiger partial charge is 0.418 e. The van der Waals surface area contributed by atoms with E-state index >= 15 is 0 Å². The SMILES string of the molecule is F[B-](F)(F)F.O=c1[nH]nc(-c2ccccc2)cc1-c1cccc[nH+]1. The predicted molar refractivity (Wildman–Crippen MR) is 82.5 cm³/mol. The van der Waals surface area contributed by atoms with E-state index in [0.717, 1.165) is 17.0 Å². The molecule has 1 aromatic carbocycles. The average molecular weight is 337 g/mol. The van der Waals surface area contributed by atoms with E-state index in [4.69, 9.17) is 0 Å². The molecule has 3 aromatic rings. The van der Waals surface area contributed by atoms with Gasteiger partial charge in [0.05, 0.1) is 5.69 Å². The summed E-state index contributed by atoms with van der Waals surface area (Å²) >= 11 is 0. The molecule has 0 unspecified atom stereocenters. The molecule has 3 rings (SSSR count). The lowest BCUT2D eigenvalue weighted by atomic mass is 10.1. The first-order valence-electron chi connectivity index (χ1n) is 6.84. The number of rotatable bonds is 2.